The summed E-state index contributed by atoms with van der Waals surface area (Å²) in [4.78, 5) is 16.8. The maximum atomic E-state index is 13.3. The van der Waals surface area contributed by atoms with Crippen molar-refractivity contribution in [1.29, 1.82) is 0 Å². The van der Waals surface area contributed by atoms with Gasteiger partial charge in [0, 0.05) is 5.56 Å². The lowest BCUT2D eigenvalue weighted by Gasteiger charge is -2.21. The van der Waals surface area contributed by atoms with Crippen LogP contribution < -0.4 is 5.32 Å². The molecule has 2 aromatic rings. The van der Waals surface area contributed by atoms with Gasteiger partial charge in [0.05, 0.1) is 18.4 Å². The summed E-state index contributed by atoms with van der Waals surface area (Å²) in [6.07, 6.45) is 0.323. The van der Waals surface area contributed by atoms with E-state index < -0.39 is 29.7 Å². The van der Waals surface area contributed by atoms with Crippen molar-refractivity contribution in [3.8, 4) is 0 Å². The molecule has 0 aromatic heterocycles. The lowest BCUT2D eigenvalue weighted by molar-refractivity contribution is 0.0851. The summed E-state index contributed by atoms with van der Waals surface area (Å²) in [6, 6.07) is 8.99. The molecule has 0 aliphatic rings. The van der Waals surface area contributed by atoms with Gasteiger partial charge < -0.3 is 15.3 Å². The minimum atomic E-state index is -1.17. The summed E-state index contributed by atoms with van der Waals surface area (Å²) in [6.45, 7) is 1.57. The molecule has 0 aliphatic heterocycles. The third-order valence-electron chi connectivity index (χ3n) is 3.60. The SMILES string of the molecule is CO/N=C/c1ccc(C(=O)NC(C)C(O)c2ccc(F)c(F)c2)cc1. The Morgan fingerprint density at radius 3 is 2.48 bits per heavy atom. The van der Waals surface area contributed by atoms with Gasteiger partial charge in [-0.25, -0.2) is 8.78 Å². The van der Waals surface area contributed by atoms with Gasteiger partial charge in [-0.3, -0.25) is 4.79 Å². The second kappa shape index (κ2) is 8.34. The van der Waals surface area contributed by atoms with E-state index in [9.17, 15) is 18.7 Å². The number of hydrogen-bond acceptors (Lipinski definition) is 4. The Labute approximate surface area is 143 Å². The number of oxime groups is 1. The summed E-state index contributed by atoms with van der Waals surface area (Å²) >= 11 is 0. The number of rotatable bonds is 6. The van der Waals surface area contributed by atoms with Crippen LogP contribution in [0.25, 0.3) is 0 Å². The second-order valence-corrected chi connectivity index (χ2v) is 5.42. The smallest absolute Gasteiger partial charge is 0.251 e. The zero-order chi connectivity index (χ0) is 18.4. The Morgan fingerprint density at radius 1 is 1.20 bits per heavy atom. The highest BCUT2D eigenvalue weighted by Gasteiger charge is 2.20. The minimum absolute atomic E-state index is 0.179. The largest absolute Gasteiger partial charge is 0.399 e. The minimum Gasteiger partial charge on any atom is -0.399 e. The van der Waals surface area contributed by atoms with Crippen molar-refractivity contribution in [2.24, 2.45) is 5.16 Å². The maximum absolute atomic E-state index is 13.3. The third kappa shape index (κ3) is 4.84. The van der Waals surface area contributed by atoms with Crippen molar-refractivity contribution >= 4 is 12.1 Å². The zero-order valence-corrected chi connectivity index (χ0v) is 13.7. The normalized spacial score (nSPS) is 13.5. The molecule has 5 nitrogen and oxygen atoms in total. The molecular weight excluding hydrogens is 330 g/mol. The van der Waals surface area contributed by atoms with Crippen LogP contribution in [-0.2, 0) is 4.84 Å². The quantitative estimate of drug-likeness (QED) is 0.623. The molecule has 1 amide bonds. The highest BCUT2D eigenvalue weighted by molar-refractivity contribution is 5.95. The Morgan fingerprint density at radius 2 is 1.88 bits per heavy atom. The molecule has 0 aliphatic carbocycles. The predicted octanol–water partition coefficient (Wildman–Crippen LogP) is 2.80. The molecule has 25 heavy (non-hydrogen) atoms. The van der Waals surface area contributed by atoms with E-state index >= 15 is 0 Å². The second-order valence-electron chi connectivity index (χ2n) is 5.42. The lowest BCUT2D eigenvalue weighted by atomic mass is 10.0. The summed E-state index contributed by atoms with van der Waals surface area (Å²) < 4.78 is 26.2. The molecule has 0 radical (unpaired) electrons. The van der Waals surface area contributed by atoms with Gasteiger partial charge in [0.25, 0.3) is 5.91 Å². The van der Waals surface area contributed by atoms with Crippen LogP contribution in [0, 0.1) is 11.6 Å². The van der Waals surface area contributed by atoms with Crippen molar-refractivity contribution < 1.29 is 23.5 Å². The fourth-order valence-corrected chi connectivity index (χ4v) is 2.19. The van der Waals surface area contributed by atoms with E-state index in [-0.39, 0.29) is 5.56 Å². The van der Waals surface area contributed by atoms with E-state index in [0.29, 0.717) is 5.56 Å². The van der Waals surface area contributed by atoms with E-state index in [4.69, 9.17) is 0 Å². The Kier molecular flexibility index (Phi) is 6.19. The fraction of sp³-hybridized carbons (Fsp3) is 0.222. The molecule has 2 aromatic carbocycles. The Balaban J connectivity index is 2.03. The standard InChI is InChI=1S/C18H18F2N2O3/c1-11(17(23)14-7-8-15(19)16(20)9-14)22-18(24)13-5-3-12(4-6-13)10-21-25-2/h3-11,17,23H,1-2H3,(H,22,24)/b21-10+. The topological polar surface area (TPSA) is 70.9 Å². The zero-order valence-electron chi connectivity index (χ0n) is 13.7. The molecule has 7 heteroatoms. The van der Waals surface area contributed by atoms with Gasteiger partial charge in [-0.2, -0.15) is 0 Å². The summed E-state index contributed by atoms with van der Waals surface area (Å²) in [7, 11) is 1.43. The van der Waals surface area contributed by atoms with Gasteiger partial charge in [-0.05, 0) is 42.3 Å². The van der Waals surface area contributed by atoms with E-state index in [0.717, 1.165) is 17.7 Å². The number of nitrogens with one attached hydrogen (secondary N) is 1. The van der Waals surface area contributed by atoms with Crippen LogP contribution in [0.15, 0.2) is 47.6 Å². The van der Waals surface area contributed by atoms with E-state index in [1.165, 1.54) is 19.4 Å². The summed E-state index contributed by atoms with van der Waals surface area (Å²) in [5.41, 5.74) is 1.32. The van der Waals surface area contributed by atoms with E-state index in [1.807, 2.05) is 0 Å². The predicted molar refractivity (Wildman–Crippen MR) is 89.3 cm³/mol. The molecular formula is C18H18F2N2O3. The fourth-order valence-electron chi connectivity index (χ4n) is 2.19. The lowest BCUT2D eigenvalue weighted by Crippen LogP contribution is -2.37. The van der Waals surface area contributed by atoms with Crippen molar-refractivity contribution in [2.75, 3.05) is 7.11 Å². The number of carbonyl (C=O) groups is 1. The van der Waals surface area contributed by atoms with Crippen molar-refractivity contribution in [3.05, 3.63) is 70.8 Å². The van der Waals surface area contributed by atoms with E-state index in [2.05, 4.69) is 15.3 Å². The average Bonchev–Trinajstić information content (AvgIpc) is 2.62. The highest BCUT2D eigenvalue weighted by atomic mass is 19.2. The van der Waals surface area contributed by atoms with Gasteiger partial charge in [-0.1, -0.05) is 23.4 Å². The van der Waals surface area contributed by atoms with Crippen LogP contribution >= 0.6 is 0 Å². The number of benzene rings is 2. The summed E-state index contributed by atoms with van der Waals surface area (Å²) in [5, 5.41) is 16.5. The molecule has 0 spiro atoms. The molecule has 2 rings (SSSR count). The maximum Gasteiger partial charge on any atom is 0.251 e. The van der Waals surface area contributed by atoms with Crippen LogP contribution in [0.4, 0.5) is 8.78 Å². The summed E-state index contributed by atoms with van der Waals surface area (Å²) in [5.74, 6) is -2.45. The number of amides is 1. The first-order valence-corrected chi connectivity index (χ1v) is 7.53. The Bertz CT molecular complexity index is 763. The van der Waals surface area contributed by atoms with Gasteiger partial charge >= 0.3 is 0 Å². The van der Waals surface area contributed by atoms with E-state index in [1.54, 1.807) is 31.2 Å². The number of aliphatic hydroxyl groups excluding tert-OH is 1. The molecule has 2 atom stereocenters. The highest BCUT2D eigenvalue weighted by Crippen LogP contribution is 2.19. The van der Waals surface area contributed by atoms with Crippen LogP contribution in [0.2, 0.25) is 0 Å². The van der Waals surface area contributed by atoms with Crippen molar-refractivity contribution in [2.45, 2.75) is 19.1 Å². The van der Waals surface area contributed by atoms with Crippen LogP contribution in [-0.4, -0.2) is 30.4 Å². The Hall–Kier alpha value is -2.80. The number of carbonyl (C=O) groups excluding carboxylic acids is 1. The first-order valence-electron chi connectivity index (χ1n) is 7.53. The van der Waals surface area contributed by atoms with Gasteiger partial charge in [-0.15, -0.1) is 0 Å². The number of hydrogen-bond donors (Lipinski definition) is 2. The molecule has 2 unspecified atom stereocenters. The van der Waals surface area contributed by atoms with Gasteiger partial charge in [0.1, 0.15) is 7.11 Å². The first-order chi connectivity index (χ1) is 11.9. The van der Waals surface area contributed by atoms with Crippen LogP contribution in [0.1, 0.15) is 34.5 Å². The van der Waals surface area contributed by atoms with Gasteiger partial charge in [0.2, 0.25) is 0 Å². The molecule has 0 fully saturated rings. The average molecular weight is 348 g/mol. The van der Waals surface area contributed by atoms with Crippen molar-refractivity contribution in [3.63, 3.8) is 0 Å². The molecule has 132 valence electrons. The third-order valence-corrected chi connectivity index (χ3v) is 3.60. The number of aliphatic hydroxyl groups is 1. The molecule has 0 bridgehead atoms. The van der Waals surface area contributed by atoms with Gasteiger partial charge in [0.15, 0.2) is 11.6 Å². The first kappa shape index (κ1) is 18.5. The van der Waals surface area contributed by atoms with Crippen LogP contribution in [0.5, 0.6) is 0 Å². The molecule has 0 saturated carbocycles. The number of halogens is 2. The molecule has 0 heterocycles. The number of nitrogens with zero attached hydrogens (tertiary/aromatic N) is 1. The van der Waals surface area contributed by atoms with Crippen molar-refractivity contribution in [1.82, 2.24) is 5.32 Å². The monoisotopic (exact) mass is 348 g/mol. The molecule has 0 saturated heterocycles. The van der Waals surface area contributed by atoms with Crippen LogP contribution in [0.3, 0.4) is 0 Å². The molecule has 2 N–H and O–H groups in total.